The van der Waals surface area contributed by atoms with E-state index in [4.69, 9.17) is 20.2 Å². The molecular formula is C27H25F2N7O2. The number of hydrogen-bond donors (Lipinski definition) is 3. The smallest absolute Gasteiger partial charge is 0.148 e. The highest BCUT2D eigenvalue weighted by molar-refractivity contribution is 5.96. The Bertz CT molecular complexity index is 1560. The number of aromatic nitrogens is 3. The molecule has 0 unspecified atom stereocenters. The van der Waals surface area contributed by atoms with E-state index in [0.717, 1.165) is 19.0 Å². The fraction of sp³-hybridized carbons (Fsp3) is 0.296. The number of imidazole rings is 1. The molecule has 9 nitrogen and oxygen atoms in total. The molecule has 0 aliphatic carbocycles. The standard InChI is InChI=1S/C27H25F2N7O2/c1-37-21-7-14(11-30)6-20-24(21)35-27(34-20)23-25(36-4-2-19-22(13-36)38-5-3-32-19)18(12-33-26(23)31)15-8-16(28)10-17(29)9-15/h6-10,12,19,22,32H,2-5,13H2,1H3,(H2,31,33)(H,34,35)/t19-,22-/m0/s1. The molecule has 0 saturated carbocycles. The van der Waals surface area contributed by atoms with Gasteiger partial charge >= 0.3 is 0 Å². The summed E-state index contributed by atoms with van der Waals surface area (Å²) in [6.45, 7) is 2.60. The second-order valence-corrected chi connectivity index (χ2v) is 9.42. The maximum atomic E-state index is 14.3. The SMILES string of the molecule is COc1cc(C#N)cc2[nH]c(-c3c(N)ncc(-c4cc(F)cc(F)c4)c3N3CC[C@@H]4NCCO[C@H]4C3)nc12. The molecule has 2 saturated heterocycles. The molecule has 38 heavy (non-hydrogen) atoms. The lowest BCUT2D eigenvalue weighted by atomic mass is 9.95. The van der Waals surface area contributed by atoms with Crippen molar-refractivity contribution in [1.82, 2.24) is 20.3 Å². The average Bonchev–Trinajstić information content (AvgIpc) is 3.35. The minimum Gasteiger partial charge on any atom is -0.494 e. The molecule has 6 rings (SSSR count). The summed E-state index contributed by atoms with van der Waals surface area (Å²) in [6, 6.07) is 9.01. The molecular weight excluding hydrogens is 492 g/mol. The predicted octanol–water partition coefficient (Wildman–Crippen LogP) is 3.60. The van der Waals surface area contributed by atoms with Crippen LogP contribution in [0, 0.1) is 23.0 Å². The van der Waals surface area contributed by atoms with Crippen molar-refractivity contribution in [1.29, 1.82) is 5.26 Å². The number of rotatable bonds is 4. The second kappa shape index (κ2) is 9.55. The van der Waals surface area contributed by atoms with Gasteiger partial charge in [-0.3, -0.25) is 0 Å². The van der Waals surface area contributed by atoms with Crippen LogP contribution in [0.3, 0.4) is 0 Å². The van der Waals surface area contributed by atoms with E-state index in [2.05, 4.69) is 26.3 Å². The van der Waals surface area contributed by atoms with E-state index in [1.54, 1.807) is 12.1 Å². The zero-order valence-electron chi connectivity index (χ0n) is 20.6. The molecule has 0 spiro atoms. The molecule has 2 aromatic heterocycles. The van der Waals surface area contributed by atoms with E-state index in [1.807, 2.05) is 0 Å². The number of benzene rings is 2. The van der Waals surface area contributed by atoms with Crippen LogP contribution in [0.4, 0.5) is 20.3 Å². The van der Waals surface area contributed by atoms with Crippen molar-refractivity contribution < 1.29 is 18.3 Å². The number of pyridine rings is 1. The number of piperidine rings is 1. The lowest BCUT2D eigenvalue weighted by Crippen LogP contribution is -2.58. The highest BCUT2D eigenvalue weighted by Crippen LogP contribution is 2.43. The molecule has 2 fully saturated rings. The number of anilines is 2. The Hall–Kier alpha value is -4.27. The second-order valence-electron chi connectivity index (χ2n) is 9.42. The third-order valence-corrected chi connectivity index (χ3v) is 7.11. The summed E-state index contributed by atoms with van der Waals surface area (Å²) in [7, 11) is 1.51. The fourth-order valence-electron chi connectivity index (χ4n) is 5.40. The molecule has 194 valence electrons. The molecule has 4 heterocycles. The number of ether oxygens (including phenoxy) is 2. The van der Waals surface area contributed by atoms with Crippen LogP contribution in [0.5, 0.6) is 5.75 Å². The van der Waals surface area contributed by atoms with Crippen molar-refractivity contribution >= 4 is 22.5 Å². The minimum atomic E-state index is -0.694. The molecule has 0 radical (unpaired) electrons. The lowest BCUT2D eigenvalue weighted by Gasteiger charge is -2.43. The Morgan fingerprint density at radius 3 is 2.79 bits per heavy atom. The van der Waals surface area contributed by atoms with Gasteiger partial charge in [0.05, 0.1) is 48.2 Å². The Kier molecular flexibility index (Phi) is 6.06. The third-order valence-electron chi connectivity index (χ3n) is 7.11. The van der Waals surface area contributed by atoms with Crippen LogP contribution in [0.25, 0.3) is 33.5 Å². The number of H-pyrrole nitrogens is 1. The fourth-order valence-corrected chi connectivity index (χ4v) is 5.40. The first-order valence-electron chi connectivity index (χ1n) is 12.3. The number of nitriles is 1. The van der Waals surface area contributed by atoms with Gasteiger partial charge in [0.1, 0.15) is 34.5 Å². The number of nitrogen functional groups attached to an aromatic ring is 1. The van der Waals surface area contributed by atoms with Crippen LogP contribution in [-0.2, 0) is 4.74 Å². The first-order valence-corrected chi connectivity index (χ1v) is 12.3. The summed E-state index contributed by atoms with van der Waals surface area (Å²) in [6.07, 6.45) is 2.28. The van der Waals surface area contributed by atoms with Gasteiger partial charge in [0.2, 0.25) is 0 Å². The maximum absolute atomic E-state index is 14.3. The minimum absolute atomic E-state index is 0.0641. The van der Waals surface area contributed by atoms with Crippen LogP contribution in [-0.4, -0.2) is 60.4 Å². The first-order chi connectivity index (χ1) is 18.4. The molecule has 4 N–H and O–H groups in total. The van der Waals surface area contributed by atoms with Gasteiger partial charge in [0, 0.05) is 49.6 Å². The number of nitrogens with two attached hydrogens (primary N) is 1. The summed E-state index contributed by atoms with van der Waals surface area (Å²) in [5, 5.41) is 13.0. The van der Waals surface area contributed by atoms with Gasteiger partial charge in [0.15, 0.2) is 0 Å². The van der Waals surface area contributed by atoms with Crippen molar-refractivity contribution in [3.05, 3.63) is 53.7 Å². The quantitative estimate of drug-likeness (QED) is 0.375. The lowest BCUT2D eigenvalue weighted by molar-refractivity contribution is -0.00899. The third kappa shape index (κ3) is 4.17. The molecule has 2 aliphatic heterocycles. The summed E-state index contributed by atoms with van der Waals surface area (Å²) < 4.78 is 40.2. The first kappa shape index (κ1) is 24.1. The highest BCUT2D eigenvalue weighted by Gasteiger charge is 2.35. The molecule has 0 amide bonds. The molecule has 2 aliphatic rings. The number of hydrogen-bond acceptors (Lipinski definition) is 8. The average molecular weight is 518 g/mol. The molecule has 2 atom stereocenters. The number of morpholine rings is 1. The van der Waals surface area contributed by atoms with Crippen molar-refractivity contribution in [2.75, 3.05) is 44.0 Å². The van der Waals surface area contributed by atoms with Crippen LogP contribution in [0.2, 0.25) is 0 Å². The van der Waals surface area contributed by atoms with E-state index in [-0.39, 0.29) is 18.0 Å². The van der Waals surface area contributed by atoms with Gasteiger partial charge < -0.3 is 30.4 Å². The van der Waals surface area contributed by atoms with Crippen molar-refractivity contribution in [2.24, 2.45) is 0 Å². The van der Waals surface area contributed by atoms with E-state index < -0.39 is 11.6 Å². The Morgan fingerprint density at radius 1 is 1.21 bits per heavy atom. The van der Waals surface area contributed by atoms with E-state index >= 15 is 0 Å². The van der Waals surface area contributed by atoms with Crippen molar-refractivity contribution in [3.8, 4) is 34.3 Å². The van der Waals surface area contributed by atoms with Crippen LogP contribution in [0.1, 0.15) is 12.0 Å². The summed E-state index contributed by atoms with van der Waals surface area (Å²) >= 11 is 0. The van der Waals surface area contributed by atoms with Gasteiger partial charge in [-0.2, -0.15) is 5.26 Å². The zero-order chi connectivity index (χ0) is 26.4. The number of nitrogens with one attached hydrogen (secondary N) is 2. The maximum Gasteiger partial charge on any atom is 0.148 e. The Balaban J connectivity index is 1.57. The van der Waals surface area contributed by atoms with Crippen LogP contribution < -0.4 is 20.7 Å². The molecule has 0 bridgehead atoms. The largest absolute Gasteiger partial charge is 0.494 e. The zero-order valence-corrected chi connectivity index (χ0v) is 20.6. The topological polar surface area (TPSA) is 125 Å². The van der Waals surface area contributed by atoms with Gasteiger partial charge in [-0.25, -0.2) is 18.7 Å². The van der Waals surface area contributed by atoms with E-state index in [9.17, 15) is 14.0 Å². The predicted molar refractivity (Wildman–Crippen MR) is 139 cm³/mol. The number of fused-ring (bicyclic) bond motifs is 2. The molecule has 4 aromatic rings. The normalized spacial score (nSPS) is 19.3. The molecule has 2 aromatic carbocycles. The number of aromatic amines is 1. The Morgan fingerprint density at radius 2 is 2.03 bits per heavy atom. The van der Waals surface area contributed by atoms with E-state index in [1.165, 1.54) is 25.4 Å². The Labute approximate surface area is 217 Å². The summed E-state index contributed by atoms with van der Waals surface area (Å²) in [4.78, 5) is 14.5. The van der Waals surface area contributed by atoms with Crippen molar-refractivity contribution in [3.63, 3.8) is 0 Å². The van der Waals surface area contributed by atoms with Crippen LogP contribution >= 0.6 is 0 Å². The van der Waals surface area contributed by atoms with Gasteiger partial charge in [-0.15, -0.1) is 0 Å². The van der Waals surface area contributed by atoms with Gasteiger partial charge in [-0.05, 0) is 30.2 Å². The summed E-state index contributed by atoms with van der Waals surface area (Å²) in [5.41, 5.74) is 9.97. The van der Waals surface area contributed by atoms with Crippen molar-refractivity contribution in [2.45, 2.75) is 18.6 Å². The number of nitrogens with zero attached hydrogens (tertiary/aromatic N) is 4. The molecule has 11 heteroatoms. The highest BCUT2D eigenvalue weighted by atomic mass is 19.1. The van der Waals surface area contributed by atoms with E-state index in [0.29, 0.717) is 70.2 Å². The number of methoxy groups -OCH3 is 1. The van der Waals surface area contributed by atoms with Gasteiger partial charge in [-0.1, -0.05) is 0 Å². The number of halogens is 2. The van der Waals surface area contributed by atoms with Crippen LogP contribution in [0.15, 0.2) is 36.5 Å². The summed E-state index contributed by atoms with van der Waals surface area (Å²) in [5.74, 6) is -0.359. The monoisotopic (exact) mass is 517 g/mol. The van der Waals surface area contributed by atoms with Gasteiger partial charge in [0.25, 0.3) is 0 Å².